The van der Waals surface area contributed by atoms with Crippen LogP contribution in [0.25, 0.3) is 11.0 Å². The first kappa shape index (κ1) is 10.5. The van der Waals surface area contributed by atoms with E-state index in [0.29, 0.717) is 0 Å². The predicted octanol–water partition coefficient (Wildman–Crippen LogP) is 2.25. The third-order valence-corrected chi connectivity index (χ3v) is 2.78. The van der Waals surface area contributed by atoms with Gasteiger partial charge < -0.3 is 9.88 Å². The zero-order chi connectivity index (χ0) is 11.0. The molecule has 0 radical (unpaired) electrons. The van der Waals surface area contributed by atoms with Crippen molar-refractivity contribution in [3.05, 3.63) is 28.5 Å². The van der Waals surface area contributed by atoms with Gasteiger partial charge in [0.15, 0.2) is 0 Å². The van der Waals surface area contributed by atoms with Gasteiger partial charge in [-0.2, -0.15) is 0 Å². The van der Waals surface area contributed by atoms with Gasteiger partial charge in [-0.3, -0.25) is 0 Å². The maximum Gasteiger partial charge on any atom is 0.123 e. The lowest BCUT2D eigenvalue weighted by molar-refractivity contribution is 0.719. The van der Waals surface area contributed by atoms with E-state index in [1.165, 1.54) is 0 Å². The van der Waals surface area contributed by atoms with E-state index in [-0.39, 0.29) is 0 Å². The monoisotopic (exact) mass is 223 g/mol. The zero-order valence-electron chi connectivity index (χ0n) is 9.13. The van der Waals surface area contributed by atoms with E-state index < -0.39 is 0 Å². The highest BCUT2D eigenvalue weighted by molar-refractivity contribution is 6.35. The molecule has 0 aliphatic carbocycles. The number of fused-ring (bicyclic) bond motifs is 1. The van der Waals surface area contributed by atoms with Crippen molar-refractivity contribution in [1.29, 1.82) is 0 Å². The molecule has 2 aromatic rings. The number of aromatic nitrogens is 2. The molecule has 0 saturated carbocycles. The molecule has 2 rings (SSSR count). The van der Waals surface area contributed by atoms with Gasteiger partial charge in [-0.25, -0.2) is 4.98 Å². The minimum atomic E-state index is 0.751. The fraction of sp³-hybridized carbons (Fsp3) is 0.364. The van der Waals surface area contributed by atoms with Crippen molar-refractivity contribution in [3.8, 4) is 0 Å². The topological polar surface area (TPSA) is 29.9 Å². The van der Waals surface area contributed by atoms with Crippen LogP contribution in [-0.2, 0) is 13.6 Å². The lowest BCUT2D eigenvalue weighted by atomic mass is 10.2. The van der Waals surface area contributed by atoms with Gasteiger partial charge in [0.1, 0.15) is 5.82 Å². The summed E-state index contributed by atoms with van der Waals surface area (Å²) in [6.45, 7) is 2.78. The van der Waals surface area contributed by atoms with Gasteiger partial charge in [0.2, 0.25) is 0 Å². The van der Waals surface area contributed by atoms with Crippen molar-refractivity contribution in [1.82, 2.24) is 14.9 Å². The minimum Gasteiger partial charge on any atom is -0.329 e. The van der Waals surface area contributed by atoms with E-state index >= 15 is 0 Å². The van der Waals surface area contributed by atoms with Gasteiger partial charge >= 0.3 is 0 Å². The van der Waals surface area contributed by atoms with Crippen LogP contribution in [0.2, 0.25) is 5.02 Å². The van der Waals surface area contributed by atoms with E-state index in [1.807, 2.05) is 31.7 Å². The van der Waals surface area contributed by atoms with Gasteiger partial charge in [0.05, 0.1) is 22.6 Å². The molecule has 0 unspecified atom stereocenters. The van der Waals surface area contributed by atoms with Crippen molar-refractivity contribution < 1.29 is 0 Å². The van der Waals surface area contributed by atoms with Crippen LogP contribution in [0.15, 0.2) is 12.1 Å². The molecule has 0 aliphatic rings. The lowest BCUT2D eigenvalue weighted by Gasteiger charge is -2.02. The molecule has 1 N–H and O–H groups in total. The largest absolute Gasteiger partial charge is 0.329 e. The summed E-state index contributed by atoms with van der Waals surface area (Å²) >= 11 is 6.20. The molecule has 0 fully saturated rings. The summed E-state index contributed by atoms with van der Waals surface area (Å²) in [5, 5.41) is 3.86. The normalized spacial score (nSPS) is 11.2. The smallest absolute Gasteiger partial charge is 0.123 e. The van der Waals surface area contributed by atoms with E-state index in [1.54, 1.807) is 0 Å². The average molecular weight is 224 g/mol. The number of imidazole rings is 1. The van der Waals surface area contributed by atoms with Crippen molar-refractivity contribution >= 4 is 22.6 Å². The zero-order valence-corrected chi connectivity index (χ0v) is 9.89. The molecule has 0 aliphatic heterocycles. The van der Waals surface area contributed by atoms with Crippen LogP contribution in [-0.4, -0.2) is 16.6 Å². The number of aryl methyl sites for hydroxylation is 2. The first-order chi connectivity index (χ1) is 7.13. The second kappa shape index (κ2) is 3.83. The Kier molecular flexibility index (Phi) is 2.67. The van der Waals surface area contributed by atoms with Crippen molar-refractivity contribution in [2.75, 3.05) is 7.05 Å². The maximum absolute atomic E-state index is 6.20. The Bertz CT molecular complexity index is 502. The predicted molar refractivity (Wildman–Crippen MR) is 63.2 cm³/mol. The average Bonchev–Trinajstić information content (AvgIpc) is 2.43. The maximum atomic E-state index is 6.20. The molecular formula is C11H14ClN3. The third-order valence-electron chi connectivity index (χ3n) is 2.49. The van der Waals surface area contributed by atoms with Crippen LogP contribution in [0.3, 0.4) is 0 Å². The van der Waals surface area contributed by atoms with Crippen LogP contribution in [0.4, 0.5) is 0 Å². The summed E-state index contributed by atoms with van der Waals surface area (Å²) in [7, 11) is 3.90. The second-order valence-electron chi connectivity index (χ2n) is 3.73. The number of hydrogen-bond acceptors (Lipinski definition) is 2. The number of benzene rings is 1. The number of hydrogen-bond donors (Lipinski definition) is 1. The Balaban J connectivity index is 2.70. The van der Waals surface area contributed by atoms with Crippen molar-refractivity contribution in [2.24, 2.45) is 7.05 Å². The lowest BCUT2D eigenvalue weighted by Crippen LogP contribution is -2.10. The van der Waals surface area contributed by atoms with Crippen LogP contribution in [0, 0.1) is 6.92 Å². The van der Waals surface area contributed by atoms with E-state index in [2.05, 4.69) is 16.4 Å². The Morgan fingerprint density at radius 1 is 1.47 bits per heavy atom. The molecule has 4 heteroatoms. The molecule has 1 heterocycles. The van der Waals surface area contributed by atoms with Crippen LogP contribution >= 0.6 is 11.6 Å². The molecule has 0 atom stereocenters. The standard InChI is InChI=1S/C11H14ClN3/c1-7-4-8(12)11-9(5-7)14-10(6-13-2)15(11)3/h4-5,13H,6H2,1-3H3. The number of halogens is 1. The quantitative estimate of drug-likeness (QED) is 0.847. The first-order valence-corrected chi connectivity index (χ1v) is 5.27. The highest BCUT2D eigenvalue weighted by atomic mass is 35.5. The molecule has 0 amide bonds. The Morgan fingerprint density at radius 2 is 2.20 bits per heavy atom. The molecule has 1 aromatic heterocycles. The fourth-order valence-electron chi connectivity index (χ4n) is 1.79. The summed E-state index contributed by atoms with van der Waals surface area (Å²) < 4.78 is 2.04. The van der Waals surface area contributed by atoms with E-state index in [0.717, 1.165) is 34.0 Å². The van der Waals surface area contributed by atoms with Crippen molar-refractivity contribution in [3.63, 3.8) is 0 Å². The molecule has 0 bridgehead atoms. The Labute approximate surface area is 94.1 Å². The van der Waals surface area contributed by atoms with Gasteiger partial charge in [-0.05, 0) is 31.7 Å². The van der Waals surface area contributed by atoms with E-state index in [9.17, 15) is 0 Å². The van der Waals surface area contributed by atoms with Crippen LogP contribution < -0.4 is 5.32 Å². The van der Waals surface area contributed by atoms with Gasteiger partial charge in [-0.1, -0.05) is 11.6 Å². The molecule has 0 spiro atoms. The second-order valence-corrected chi connectivity index (χ2v) is 4.14. The highest BCUT2D eigenvalue weighted by Crippen LogP contribution is 2.25. The fourth-order valence-corrected chi connectivity index (χ4v) is 2.19. The molecule has 0 saturated heterocycles. The molecular weight excluding hydrogens is 210 g/mol. The summed E-state index contributed by atoms with van der Waals surface area (Å²) in [4.78, 5) is 4.54. The molecule has 80 valence electrons. The van der Waals surface area contributed by atoms with Crippen LogP contribution in [0.1, 0.15) is 11.4 Å². The number of nitrogens with zero attached hydrogens (tertiary/aromatic N) is 2. The molecule has 3 nitrogen and oxygen atoms in total. The SMILES string of the molecule is CNCc1nc2cc(C)cc(Cl)c2n1C. The van der Waals surface area contributed by atoms with Gasteiger partial charge in [0, 0.05) is 7.05 Å². The number of nitrogens with one attached hydrogen (secondary N) is 1. The minimum absolute atomic E-state index is 0.751. The Hall–Kier alpha value is -1.06. The summed E-state index contributed by atoms with van der Waals surface area (Å²) in [5.41, 5.74) is 3.11. The van der Waals surface area contributed by atoms with Gasteiger partial charge in [-0.15, -0.1) is 0 Å². The summed E-state index contributed by atoms with van der Waals surface area (Å²) in [5.74, 6) is 1.00. The number of rotatable bonds is 2. The van der Waals surface area contributed by atoms with Gasteiger partial charge in [0.25, 0.3) is 0 Å². The van der Waals surface area contributed by atoms with Crippen LogP contribution in [0.5, 0.6) is 0 Å². The van der Waals surface area contributed by atoms with E-state index in [4.69, 9.17) is 11.6 Å². The first-order valence-electron chi connectivity index (χ1n) is 4.89. The summed E-state index contributed by atoms with van der Waals surface area (Å²) in [6, 6.07) is 4.02. The Morgan fingerprint density at radius 3 is 2.87 bits per heavy atom. The van der Waals surface area contributed by atoms with Crippen molar-refractivity contribution in [2.45, 2.75) is 13.5 Å². The molecule has 1 aromatic carbocycles. The third kappa shape index (κ3) is 1.73. The highest BCUT2D eigenvalue weighted by Gasteiger charge is 2.10. The molecule has 15 heavy (non-hydrogen) atoms. The summed E-state index contributed by atoms with van der Waals surface area (Å²) in [6.07, 6.45) is 0.